The highest BCUT2D eigenvalue weighted by Gasteiger charge is 2.52. The van der Waals surface area contributed by atoms with E-state index in [1.807, 2.05) is 0 Å². The molecule has 0 saturated carbocycles. The van der Waals surface area contributed by atoms with Gasteiger partial charge in [-0.05, 0) is 24.3 Å². The highest BCUT2D eigenvalue weighted by Crippen LogP contribution is 2.46. The Labute approximate surface area is 147 Å². The number of benzene rings is 2. The van der Waals surface area contributed by atoms with E-state index >= 15 is 0 Å². The van der Waals surface area contributed by atoms with Gasteiger partial charge in [-0.15, -0.1) is 0 Å². The number of amides is 2. The van der Waals surface area contributed by atoms with E-state index < -0.39 is 5.66 Å². The Morgan fingerprint density at radius 3 is 2.52 bits per heavy atom. The summed E-state index contributed by atoms with van der Waals surface area (Å²) in [5, 5.41) is 9.17. The molecule has 0 bridgehead atoms. The quantitative estimate of drug-likeness (QED) is 0.671. The molecule has 0 fully saturated rings. The molecule has 0 radical (unpaired) electrons. The number of rotatable bonds is 0. The lowest BCUT2D eigenvalue weighted by Gasteiger charge is -2.36. The summed E-state index contributed by atoms with van der Waals surface area (Å²) in [6.45, 7) is 0.879. The van der Waals surface area contributed by atoms with Gasteiger partial charge in [0.05, 0.1) is 16.9 Å². The lowest BCUT2D eigenvalue weighted by atomic mass is 9.95. The van der Waals surface area contributed by atoms with Crippen LogP contribution in [0.3, 0.4) is 0 Å². The Bertz CT molecular complexity index is 961. The number of carbonyl (C=O) groups is 2. The van der Waals surface area contributed by atoms with E-state index in [2.05, 4.69) is 16.0 Å². The van der Waals surface area contributed by atoms with E-state index in [0.717, 1.165) is 0 Å². The number of anilines is 2. The summed E-state index contributed by atoms with van der Waals surface area (Å²) in [4.78, 5) is 25.3. The zero-order chi connectivity index (χ0) is 17.2. The number of nitrogens with one attached hydrogen (secondary N) is 3. The van der Waals surface area contributed by atoms with Gasteiger partial charge in [0, 0.05) is 16.7 Å². The highest BCUT2D eigenvalue weighted by molar-refractivity contribution is 6.31. The number of hydrogen-bond acceptors (Lipinski definition) is 5. The summed E-state index contributed by atoms with van der Waals surface area (Å²) in [6, 6.07) is 8.29. The minimum atomic E-state index is -1.42. The van der Waals surface area contributed by atoms with Crippen LogP contribution in [0.5, 0.6) is 11.5 Å². The predicted molar refractivity (Wildman–Crippen MR) is 90.3 cm³/mol. The van der Waals surface area contributed by atoms with Gasteiger partial charge in [-0.25, -0.2) is 0 Å². The monoisotopic (exact) mass is 357 g/mol. The highest BCUT2D eigenvalue weighted by atomic mass is 35.5. The molecule has 8 heteroatoms. The van der Waals surface area contributed by atoms with Crippen LogP contribution in [-0.2, 0) is 10.5 Å². The van der Waals surface area contributed by atoms with Gasteiger partial charge in [0.15, 0.2) is 11.5 Å². The fraction of sp³-hybridized carbons (Fsp3) is 0.176. The topological polar surface area (TPSA) is 88.7 Å². The average Bonchev–Trinajstić information content (AvgIpc) is 2.83. The van der Waals surface area contributed by atoms with Crippen molar-refractivity contribution in [2.75, 3.05) is 23.8 Å². The lowest BCUT2D eigenvalue weighted by molar-refractivity contribution is -0.120. The minimum absolute atomic E-state index is 0.358. The third-order valence-corrected chi connectivity index (χ3v) is 4.76. The van der Waals surface area contributed by atoms with E-state index in [4.69, 9.17) is 21.1 Å². The Balaban J connectivity index is 1.68. The average molecular weight is 358 g/mol. The first-order valence-electron chi connectivity index (χ1n) is 7.73. The first kappa shape index (κ1) is 14.4. The van der Waals surface area contributed by atoms with Gasteiger partial charge in [0.1, 0.15) is 13.2 Å². The second-order valence-electron chi connectivity index (χ2n) is 6.01. The molecule has 3 aliphatic heterocycles. The largest absolute Gasteiger partial charge is 0.486 e. The van der Waals surface area contributed by atoms with Crippen molar-refractivity contribution in [1.82, 2.24) is 5.32 Å². The molecule has 2 aromatic rings. The molecule has 126 valence electrons. The molecule has 3 N–H and O–H groups in total. The molecular formula is C17H12ClN3O4. The molecule has 1 spiro atoms. The van der Waals surface area contributed by atoms with Crippen LogP contribution in [0, 0.1) is 0 Å². The Kier molecular flexibility index (Phi) is 2.77. The van der Waals surface area contributed by atoms with E-state index in [-0.39, 0.29) is 11.8 Å². The van der Waals surface area contributed by atoms with Gasteiger partial charge in [-0.2, -0.15) is 0 Å². The van der Waals surface area contributed by atoms with Gasteiger partial charge in [-0.1, -0.05) is 11.6 Å². The molecule has 5 rings (SSSR count). The summed E-state index contributed by atoms with van der Waals surface area (Å²) in [5.74, 6) is 0.355. The number of fused-ring (bicyclic) bond motifs is 4. The van der Waals surface area contributed by atoms with Crippen molar-refractivity contribution >= 4 is 34.8 Å². The van der Waals surface area contributed by atoms with Crippen molar-refractivity contribution in [2.45, 2.75) is 5.66 Å². The molecule has 0 saturated heterocycles. The van der Waals surface area contributed by atoms with Crippen molar-refractivity contribution in [3.8, 4) is 11.5 Å². The zero-order valence-electron chi connectivity index (χ0n) is 12.8. The second-order valence-corrected chi connectivity index (χ2v) is 6.45. The molecule has 1 unspecified atom stereocenters. The van der Waals surface area contributed by atoms with Crippen LogP contribution in [0.25, 0.3) is 0 Å². The SMILES string of the molecule is O=C1NC2(Nc3cc(Cl)ccc31)C(=O)Nc1cc3c(cc12)OCCO3. The smallest absolute Gasteiger partial charge is 0.275 e. The predicted octanol–water partition coefficient (Wildman–Crippen LogP) is 2.07. The maximum absolute atomic E-state index is 12.8. The second kappa shape index (κ2) is 4.80. The third kappa shape index (κ3) is 1.93. The Morgan fingerprint density at radius 1 is 0.960 bits per heavy atom. The van der Waals surface area contributed by atoms with Gasteiger partial charge in [-0.3, -0.25) is 9.59 Å². The van der Waals surface area contributed by atoms with Crippen molar-refractivity contribution < 1.29 is 19.1 Å². The molecule has 0 aliphatic carbocycles. The number of hydrogen-bond donors (Lipinski definition) is 3. The van der Waals surface area contributed by atoms with E-state index in [1.165, 1.54) is 0 Å². The Hall–Kier alpha value is -2.93. The minimum Gasteiger partial charge on any atom is -0.486 e. The van der Waals surface area contributed by atoms with Crippen LogP contribution < -0.4 is 25.4 Å². The normalized spacial score (nSPS) is 22.6. The van der Waals surface area contributed by atoms with E-state index in [0.29, 0.717) is 52.2 Å². The molecule has 25 heavy (non-hydrogen) atoms. The van der Waals surface area contributed by atoms with Crippen molar-refractivity contribution in [3.63, 3.8) is 0 Å². The van der Waals surface area contributed by atoms with Crippen LogP contribution >= 0.6 is 11.6 Å². The van der Waals surface area contributed by atoms with Crippen LogP contribution in [0.4, 0.5) is 11.4 Å². The molecule has 0 aromatic heterocycles. The van der Waals surface area contributed by atoms with Crippen molar-refractivity contribution in [3.05, 3.63) is 46.5 Å². The number of carbonyl (C=O) groups excluding carboxylic acids is 2. The summed E-state index contributed by atoms with van der Waals surface area (Å²) in [5.41, 5.74) is 0.635. The lowest BCUT2D eigenvalue weighted by Crippen LogP contribution is -2.59. The summed E-state index contributed by atoms with van der Waals surface area (Å²) < 4.78 is 11.2. The third-order valence-electron chi connectivity index (χ3n) is 4.52. The first-order valence-corrected chi connectivity index (χ1v) is 8.10. The molecule has 3 heterocycles. The molecule has 3 aliphatic rings. The zero-order valence-corrected chi connectivity index (χ0v) is 13.6. The fourth-order valence-electron chi connectivity index (χ4n) is 3.38. The maximum atomic E-state index is 12.8. The van der Waals surface area contributed by atoms with Crippen LogP contribution in [0.2, 0.25) is 5.02 Å². The van der Waals surface area contributed by atoms with Gasteiger partial charge < -0.3 is 25.4 Å². The Morgan fingerprint density at radius 2 is 1.72 bits per heavy atom. The van der Waals surface area contributed by atoms with E-state index in [1.54, 1.807) is 30.3 Å². The first-order chi connectivity index (χ1) is 12.1. The molecular weight excluding hydrogens is 346 g/mol. The van der Waals surface area contributed by atoms with Crippen LogP contribution in [-0.4, -0.2) is 25.0 Å². The van der Waals surface area contributed by atoms with Gasteiger partial charge in [0.2, 0.25) is 5.66 Å². The summed E-state index contributed by atoms with van der Waals surface area (Å²) in [7, 11) is 0. The van der Waals surface area contributed by atoms with Gasteiger partial charge >= 0.3 is 0 Å². The van der Waals surface area contributed by atoms with E-state index in [9.17, 15) is 9.59 Å². The molecule has 2 aromatic carbocycles. The van der Waals surface area contributed by atoms with Crippen LogP contribution in [0.15, 0.2) is 30.3 Å². The van der Waals surface area contributed by atoms with Crippen molar-refractivity contribution in [1.29, 1.82) is 0 Å². The standard InChI is InChI=1S/C17H12ClN3O4/c18-8-1-2-9-11(5-8)20-17(21-15(9)22)10-6-13-14(25-4-3-24-13)7-12(10)19-16(17)23/h1-2,5-7,20H,3-4H2,(H,19,23)(H,21,22). The number of halogens is 1. The molecule has 7 nitrogen and oxygen atoms in total. The molecule has 1 atom stereocenters. The maximum Gasteiger partial charge on any atom is 0.275 e. The van der Waals surface area contributed by atoms with Crippen molar-refractivity contribution in [2.24, 2.45) is 0 Å². The summed E-state index contributed by atoms with van der Waals surface area (Å²) >= 11 is 6.04. The summed E-state index contributed by atoms with van der Waals surface area (Å²) in [6.07, 6.45) is 0. The van der Waals surface area contributed by atoms with Gasteiger partial charge in [0.25, 0.3) is 11.8 Å². The van der Waals surface area contributed by atoms with Crippen LogP contribution in [0.1, 0.15) is 15.9 Å². The number of ether oxygens (including phenoxy) is 2. The fourth-order valence-corrected chi connectivity index (χ4v) is 3.55. The molecule has 2 amide bonds.